The molecular weight excluding hydrogens is 204 g/mol. The Labute approximate surface area is 84.8 Å². The molecule has 2 N–H and O–H groups in total. The van der Waals surface area contributed by atoms with E-state index in [0.717, 1.165) is 5.69 Å². The van der Waals surface area contributed by atoms with Crippen LogP contribution in [0.3, 0.4) is 0 Å². The van der Waals surface area contributed by atoms with Gasteiger partial charge < -0.3 is 10.4 Å². The quantitative estimate of drug-likeness (QED) is 0.686. The number of rotatable bonds is 5. The number of aliphatic carboxylic acids is 1. The maximum atomic E-state index is 10.7. The average molecular weight is 214 g/mol. The standard InChI is InChI=1S/C8H10N2O3S/c1-5-3-14-7(10-5)2-6(8(12)13)9-4-11/h3-4,6H,2H2,1H3,(H,9,11)(H,12,13). The Morgan fingerprint density at radius 2 is 2.57 bits per heavy atom. The molecule has 0 aliphatic carbocycles. The van der Waals surface area contributed by atoms with Gasteiger partial charge in [0.25, 0.3) is 0 Å². The molecule has 0 aliphatic heterocycles. The molecule has 0 fully saturated rings. The second-order valence-corrected chi connectivity index (χ2v) is 3.70. The van der Waals surface area contributed by atoms with E-state index in [1.54, 1.807) is 0 Å². The van der Waals surface area contributed by atoms with Gasteiger partial charge >= 0.3 is 5.97 Å². The van der Waals surface area contributed by atoms with Crippen LogP contribution in [0.15, 0.2) is 5.38 Å². The highest BCUT2D eigenvalue weighted by Crippen LogP contribution is 2.10. The molecule has 14 heavy (non-hydrogen) atoms. The minimum Gasteiger partial charge on any atom is -0.480 e. The number of hydrogen-bond donors (Lipinski definition) is 2. The number of carbonyl (C=O) groups is 2. The first-order chi connectivity index (χ1) is 6.63. The Morgan fingerprint density at radius 3 is 3.00 bits per heavy atom. The number of carboxylic acid groups (broad SMARTS) is 1. The molecule has 6 heteroatoms. The van der Waals surface area contributed by atoms with Gasteiger partial charge in [-0.05, 0) is 6.92 Å². The third kappa shape index (κ3) is 2.81. The van der Waals surface area contributed by atoms with E-state index in [-0.39, 0.29) is 6.42 Å². The Bertz CT molecular complexity index is 337. The van der Waals surface area contributed by atoms with Crippen molar-refractivity contribution in [3.05, 3.63) is 16.1 Å². The molecule has 0 aliphatic rings. The zero-order valence-electron chi connectivity index (χ0n) is 7.56. The van der Waals surface area contributed by atoms with Gasteiger partial charge in [0.15, 0.2) is 0 Å². The van der Waals surface area contributed by atoms with Gasteiger partial charge in [-0.15, -0.1) is 11.3 Å². The van der Waals surface area contributed by atoms with Crippen molar-refractivity contribution in [3.8, 4) is 0 Å². The summed E-state index contributed by atoms with van der Waals surface area (Å²) in [5.41, 5.74) is 0.861. The van der Waals surface area contributed by atoms with Crippen LogP contribution in [0.1, 0.15) is 10.7 Å². The van der Waals surface area contributed by atoms with Crippen molar-refractivity contribution in [3.63, 3.8) is 0 Å². The van der Waals surface area contributed by atoms with E-state index < -0.39 is 12.0 Å². The Kier molecular flexibility index (Phi) is 3.58. The number of carboxylic acids is 1. The van der Waals surface area contributed by atoms with Crippen molar-refractivity contribution in [2.75, 3.05) is 0 Å². The van der Waals surface area contributed by atoms with Crippen LogP contribution in [0.5, 0.6) is 0 Å². The zero-order valence-corrected chi connectivity index (χ0v) is 8.37. The number of thiazole rings is 1. The van der Waals surface area contributed by atoms with Gasteiger partial charge in [0, 0.05) is 17.5 Å². The average Bonchev–Trinajstić information content (AvgIpc) is 2.50. The van der Waals surface area contributed by atoms with E-state index in [2.05, 4.69) is 10.3 Å². The van der Waals surface area contributed by atoms with Crippen LogP contribution in [-0.4, -0.2) is 28.5 Å². The number of nitrogens with zero attached hydrogens (tertiary/aromatic N) is 1. The van der Waals surface area contributed by atoms with Gasteiger partial charge in [0.1, 0.15) is 6.04 Å². The first-order valence-corrected chi connectivity index (χ1v) is 4.85. The van der Waals surface area contributed by atoms with Crippen LogP contribution in [-0.2, 0) is 16.0 Å². The summed E-state index contributed by atoms with van der Waals surface area (Å²) in [4.78, 5) is 24.9. The molecule has 1 heterocycles. The van der Waals surface area contributed by atoms with Gasteiger partial charge in [-0.1, -0.05) is 0 Å². The van der Waals surface area contributed by atoms with Crippen molar-refractivity contribution in [2.45, 2.75) is 19.4 Å². The fourth-order valence-electron chi connectivity index (χ4n) is 0.971. The molecule has 76 valence electrons. The molecule has 1 unspecified atom stereocenters. The summed E-state index contributed by atoms with van der Waals surface area (Å²) >= 11 is 1.39. The Balaban J connectivity index is 2.64. The summed E-state index contributed by atoms with van der Waals surface area (Å²) in [5, 5.41) is 13.5. The zero-order chi connectivity index (χ0) is 10.6. The highest BCUT2D eigenvalue weighted by atomic mass is 32.1. The normalized spacial score (nSPS) is 12.1. The smallest absolute Gasteiger partial charge is 0.326 e. The Morgan fingerprint density at radius 1 is 1.86 bits per heavy atom. The van der Waals surface area contributed by atoms with Gasteiger partial charge in [-0.3, -0.25) is 4.79 Å². The lowest BCUT2D eigenvalue weighted by molar-refractivity contribution is -0.140. The van der Waals surface area contributed by atoms with Gasteiger partial charge in [-0.25, -0.2) is 9.78 Å². The second-order valence-electron chi connectivity index (χ2n) is 2.76. The first kappa shape index (κ1) is 10.6. The molecule has 1 atom stereocenters. The van der Waals surface area contributed by atoms with Crippen molar-refractivity contribution in [2.24, 2.45) is 0 Å². The molecule has 0 radical (unpaired) electrons. The minimum atomic E-state index is -1.05. The molecule has 1 rings (SSSR count). The monoisotopic (exact) mass is 214 g/mol. The number of nitrogens with one attached hydrogen (secondary N) is 1. The van der Waals surface area contributed by atoms with Crippen LogP contribution in [0, 0.1) is 6.92 Å². The van der Waals surface area contributed by atoms with E-state index >= 15 is 0 Å². The van der Waals surface area contributed by atoms with E-state index in [9.17, 15) is 9.59 Å². The summed E-state index contributed by atoms with van der Waals surface area (Å²) in [6, 6.07) is -0.891. The van der Waals surface area contributed by atoms with Gasteiger partial charge in [0.2, 0.25) is 6.41 Å². The lowest BCUT2D eigenvalue weighted by atomic mass is 10.2. The summed E-state index contributed by atoms with van der Waals surface area (Å²) in [6.45, 7) is 1.84. The first-order valence-electron chi connectivity index (χ1n) is 3.97. The van der Waals surface area contributed by atoms with Crippen molar-refractivity contribution < 1.29 is 14.7 Å². The van der Waals surface area contributed by atoms with Crippen LogP contribution in [0.4, 0.5) is 0 Å². The fraction of sp³-hybridized carbons (Fsp3) is 0.375. The van der Waals surface area contributed by atoms with E-state index in [4.69, 9.17) is 5.11 Å². The topological polar surface area (TPSA) is 79.3 Å². The van der Waals surface area contributed by atoms with E-state index in [1.165, 1.54) is 11.3 Å². The number of carbonyl (C=O) groups excluding carboxylic acids is 1. The third-order valence-electron chi connectivity index (χ3n) is 1.61. The highest BCUT2D eigenvalue weighted by molar-refractivity contribution is 7.09. The number of aryl methyl sites for hydroxylation is 1. The molecule has 0 bridgehead atoms. The van der Waals surface area contributed by atoms with Crippen molar-refractivity contribution >= 4 is 23.7 Å². The summed E-state index contributed by atoms with van der Waals surface area (Å²) in [7, 11) is 0. The van der Waals surface area contributed by atoms with E-state index in [0.29, 0.717) is 11.4 Å². The lowest BCUT2D eigenvalue weighted by Gasteiger charge is -2.07. The Hall–Kier alpha value is -1.43. The van der Waals surface area contributed by atoms with Crippen molar-refractivity contribution in [1.82, 2.24) is 10.3 Å². The fourth-order valence-corrected chi connectivity index (χ4v) is 1.79. The summed E-state index contributed by atoms with van der Waals surface area (Å²) < 4.78 is 0. The van der Waals surface area contributed by atoms with E-state index in [1.807, 2.05) is 12.3 Å². The predicted molar refractivity (Wildman–Crippen MR) is 51.2 cm³/mol. The lowest BCUT2D eigenvalue weighted by Crippen LogP contribution is -2.37. The molecule has 0 spiro atoms. The third-order valence-corrected chi connectivity index (χ3v) is 2.60. The van der Waals surface area contributed by atoms with Crippen LogP contribution in [0.2, 0.25) is 0 Å². The van der Waals surface area contributed by atoms with Crippen LogP contribution in [0.25, 0.3) is 0 Å². The predicted octanol–water partition coefficient (Wildman–Crippen LogP) is 0.193. The number of amides is 1. The second kappa shape index (κ2) is 4.71. The molecule has 0 saturated carbocycles. The largest absolute Gasteiger partial charge is 0.480 e. The minimum absolute atomic E-state index is 0.229. The molecule has 0 aromatic carbocycles. The molecule has 1 aromatic heterocycles. The maximum Gasteiger partial charge on any atom is 0.326 e. The van der Waals surface area contributed by atoms with Crippen LogP contribution >= 0.6 is 11.3 Å². The number of aromatic nitrogens is 1. The molecule has 5 nitrogen and oxygen atoms in total. The summed E-state index contributed by atoms with van der Waals surface area (Å²) in [5.74, 6) is -1.05. The van der Waals surface area contributed by atoms with Gasteiger partial charge in [0.05, 0.1) is 5.01 Å². The van der Waals surface area contributed by atoms with Gasteiger partial charge in [-0.2, -0.15) is 0 Å². The van der Waals surface area contributed by atoms with Crippen LogP contribution < -0.4 is 5.32 Å². The molecule has 0 saturated heterocycles. The highest BCUT2D eigenvalue weighted by Gasteiger charge is 2.18. The SMILES string of the molecule is Cc1csc(CC(NC=O)C(=O)O)n1. The maximum absolute atomic E-state index is 10.7. The molecule has 1 amide bonds. The summed E-state index contributed by atoms with van der Waals surface area (Å²) in [6.07, 6.45) is 0.617. The number of hydrogen-bond acceptors (Lipinski definition) is 4. The molecular formula is C8H10N2O3S. The molecule has 1 aromatic rings. The van der Waals surface area contributed by atoms with Crippen molar-refractivity contribution in [1.29, 1.82) is 0 Å².